The molecule has 0 spiro atoms. The van der Waals surface area contributed by atoms with Crippen LogP contribution in [0.15, 0.2) is 77.7 Å². The van der Waals surface area contributed by atoms with Gasteiger partial charge in [-0.2, -0.15) is 0 Å². The second-order valence-electron chi connectivity index (χ2n) is 9.72. The van der Waals surface area contributed by atoms with Crippen LogP contribution in [0.3, 0.4) is 0 Å². The number of anilines is 1. The van der Waals surface area contributed by atoms with Gasteiger partial charge in [0.1, 0.15) is 0 Å². The summed E-state index contributed by atoms with van der Waals surface area (Å²) < 4.78 is 0. The fourth-order valence-electron chi connectivity index (χ4n) is 5.16. The first kappa shape index (κ1) is 24.6. The fraction of sp³-hybridized carbons (Fsp3) is 0.333. The number of rotatable bonds is 7. The first-order valence-corrected chi connectivity index (χ1v) is 13.7. The molecule has 1 N–H and O–H groups in total. The Labute approximate surface area is 217 Å². The third kappa shape index (κ3) is 5.82. The number of likely N-dealkylation sites (tertiary alicyclic amines) is 1. The highest BCUT2D eigenvalue weighted by molar-refractivity contribution is 8.00. The third-order valence-corrected chi connectivity index (χ3v) is 8.14. The highest BCUT2D eigenvalue weighted by Gasteiger charge is 2.25. The fourth-order valence-corrected chi connectivity index (χ4v) is 6.09. The Morgan fingerprint density at radius 3 is 2.56 bits per heavy atom. The summed E-state index contributed by atoms with van der Waals surface area (Å²) in [5.74, 6) is 0.353. The second-order valence-corrected chi connectivity index (χ2v) is 10.7. The van der Waals surface area contributed by atoms with Crippen molar-refractivity contribution < 1.29 is 9.59 Å². The number of hydrogen-bond acceptors (Lipinski definition) is 4. The number of fused-ring (bicyclic) bond motifs is 1. The van der Waals surface area contributed by atoms with Gasteiger partial charge in [-0.25, -0.2) is 0 Å². The highest BCUT2D eigenvalue weighted by Crippen LogP contribution is 2.30. The van der Waals surface area contributed by atoms with Gasteiger partial charge in [0.15, 0.2) is 0 Å². The van der Waals surface area contributed by atoms with Crippen LogP contribution in [-0.4, -0.2) is 48.1 Å². The predicted octanol–water partition coefficient (Wildman–Crippen LogP) is 5.07. The molecule has 1 saturated heterocycles. The molecule has 0 aliphatic carbocycles. The van der Waals surface area contributed by atoms with Crippen molar-refractivity contribution in [3.63, 3.8) is 0 Å². The number of hydrogen-bond donors (Lipinski definition) is 1. The van der Waals surface area contributed by atoms with Crippen molar-refractivity contribution in [3.05, 3.63) is 95.1 Å². The van der Waals surface area contributed by atoms with E-state index in [2.05, 4.69) is 47.5 Å². The van der Waals surface area contributed by atoms with Crippen LogP contribution in [0.5, 0.6) is 0 Å². The maximum atomic E-state index is 13.2. The summed E-state index contributed by atoms with van der Waals surface area (Å²) >= 11 is 1.45. The molecule has 0 bridgehead atoms. The molecular weight excluding hydrogens is 466 g/mol. The second kappa shape index (κ2) is 11.3. The van der Waals surface area contributed by atoms with E-state index in [-0.39, 0.29) is 17.9 Å². The van der Waals surface area contributed by atoms with E-state index in [1.54, 1.807) is 0 Å². The third-order valence-electron chi connectivity index (χ3n) is 7.08. The van der Waals surface area contributed by atoms with Crippen molar-refractivity contribution in [2.24, 2.45) is 0 Å². The standard InChI is InChI=1S/C30H33N3O2S/c1-22-7-6-8-23(19-22)20-32-16-14-25(15-17-32)31-30(35)26-10-3-5-12-28(26)36-21-29(34)33-18-13-24-9-2-4-11-27(24)33/h2-12,19,25H,13-18,20-21H2,1H3,(H,31,35). The van der Waals surface area contributed by atoms with Crippen LogP contribution >= 0.6 is 11.8 Å². The van der Waals surface area contributed by atoms with Crippen LogP contribution in [-0.2, 0) is 17.8 Å². The summed E-state index contributed by atoms with van der Waals surface area (Å²) in [6, 6.07) is 24.6. The molecule has 5 nitrogen and oxygen atoms in total. The number of para-hydroxylation sites is 1. The van der Waals surface area contributed by atoms with Crippen LogP contribution in [0, 0.1) is 6.92 Å². The molecular formula is C30H33N3O2S. The smallest absolute Gasteiger partial charge is 0.252 e. The predicted molar refractivity (Wildman–Crippen MR) is 147 cm³/mol. The maximum absolute atomic E-state index is 13.2. The first-order chi connectivity index (χ1) is 17.6. The Bertz CT molecular complexity index is 1240. The summed E-state index contributed by atoms with van der Waals surface area (Å²) in [6.45, 7) is 5.76. The van der Waals surface area contributed by atoms with Gasteiger partial charge in [-0.15, -0.1) is 11.8 Å². The number of nitrogens with one attached hydrogen (secondary N) is 1. The first-order valence-electron chi connectivity index (χ1n) is 12.8. The minimum absolute atomic E-state index is 0.0470. The molecule has 5 rings (SSSR count). The summed E-state index contributed by atoms with van der Waals surface area (Å²) in [5.41, 5.74) is 5.52. The van der Waals surface area contributed by atoms with Gasteiger partial charge in [0.2, 0.25) is 5.91 Å². The number of aryl methyl sites for hydroxylation is 1. The molecule has 0 saturated carbocycles. The van der Waals surface area contributed by atoms with E-state index in [1.165, 1.54) is 28.5 Å². The van der Waals surface area contributed by atoms with Gasteiger partial charge in [0, 0.05) is 42.8 Å². The lowest BCUT2D eigenvalue weighted by molar-refractivity contribution is -0.116. The number of nitrogens with zero attached hydrogens (tertiary/aromatic N) is 2. The molecule has 2 aliphatic rings. The summed E-state index contributed by atoms with van der Waals surface area (Å²) in [4.78, 5) is 31.3. The Morgan fingerprint density at radius 1 is 0.944 bits per heavy atom. The number of carbonyl (C=O) groups is 2. The number of piperidine rings is 1. The van der Waals surface area contributed by atoms with Crippen LogP contribution in [0.1, 0.15) is 39.9 Å². The van der Waals surface area contributed by atoms with Crippen molar-refractivity contribution in [3.8, 4) is 0 Å². The van der Waals surface area contributed by atoms with Gasteiger partial charge in [-0.05, 0) is 55.5 Å². The van der Waals surface area contributed by atoms with Gasteiger partial charge in [-0.3, -0.25) is 14.5 Å². The van der Waals surface area contributed by atoms with E-state index in [9.17, 15) is 9.59 Å². The Hall–Kier alpha value is -3.09. The SMILES string of the molecule is Cc1cccc(CN2CCC(NC(=O)c3ccccc3SCC(=O)N3CCc4ccccc43)CC2)c1. The van der Waals surface area contributed by atoms with E-state index in [4.69, 9.17) is 0 Å². The van der Waals surface area contributed by atoms with Crippen LogP contribution < -0.4 is 10.2 Å². The maximum Gasteiger partial charge on any atom is 0.252 e. The van der Waals surface area contributed by atoms with E-state index < -0.39 is 0 Å². The van der Waals surface area contributed by atoms with Crippen molar-refractivity contribution >= 4 is 29.3 Å². The quantitative estimate of drug-likeness (QED) is 0.461. The molecule has 186 valence electrons. The lowest BCUT2D eigenvalue weighted by Gasteiger charge is -2.32. The van der Waals surface area contributed by atoms with E-state index >= 15 is 0 Å². The molecule has 3 aromatic rings. The van der Waals surface area contributed by atoms with E-state index in [0.717, 1.165) is 56.0 Å². The van der Waals surface area contributed by atoms with Gasteiger partial charge >= 0.3 is 0 Å². The van der Waals surface area contributed by atoms with Crippen molar-refractivity contribution in [1.82, 2.24) is 10.2 Å². The molecule has 0 aromatic heterocycles. The zero-order valence-corrected chi connectivity index (χ0v) is 21.6. The molecule has 2 aliphatic heterocycles. The van der Waals surface area contributed by atoms with Gasteiger partial charge in [0.25, 0.3) is 5.91 Å². The lowest BCUT2D eigenvalue weighted by Crippen LogP contribution is -2.44. The number of carbonyl (C=O) groups excluding carboxylic acids is 2. The Kier molecular flexibility index (Phi) is 7.73. The average Bonchev–Trinajstić information content (AvgIpc) is 3.33. The monoisotopic (exact) mass is 499 g/mol. The average molecular weight is 500 g/mol. The summed E-state index contributed by atoms with van der Waals surface area (Å²) in [5, 5.41) is 3.25. The number of amides is 2. The van der Waals surface area contributed by atoms with Crippen LogP contribution in [0.2, 0.25) is 0 Å². The van der Waals surface area contributed by atoms with Gasteiger partial charge < -0.3 is 10.2 Å². The van der Waals surface area contributed by atoms with Crippen molar-refractivity contribution in [2.45, 2.75) is 43.7 Å². The molecule has 3 aromatic carbocycles. The molecule has 2 amide bonds. The number of benzene rings is 3. The van der Waals surface area contributed by atoms with E-state index in [1.807, 2.05) is 47.4 Å². The van der Waals surface area contributed by atoms with Gasteiger partial charge in [0.05, 0.1) is 11.3 Å². The molecule has 1 fully saturated rings. The number of thioether (sulfide) groups is 1. The molecule has 0 radical (unpaired) electrons. The molecule has 6 heteroatoms. The van der Waals surface area contributed by atoms with Crippen molar-refractivity contribution in [1.29, 1.82) is 0 Å². The zero-order chi connectivity index (χ0) is 24.9. The lowest BCUT2D eigenvalue weighted by atomic mass is 10.0. The van der Waals surface area contributed by atoms with Crippen LogP contribution in [0.25, 0.3) is 0 Å². The topological polar surface area (TPSA) is 52.7 Å². The van der Waals surface area contributed by atoms with E-state index in [0.29, 0.717) is 11.3 Å². The minimum Gasteiger partial charge on any atom is -0.349 e. The molecule has 0 unspecified atom stereocenters. The van der Waals surface area contributed by atoms with Crippen LogP contribution in [0.4, 0.5) is 5.69 Å². The highest BCUT2D eigenvalue weighted by atomic mass is 32.2. The Morgan fingerprint density at radius 2 is 1.72 bits per heavy atom. The molecule has 0 atom stereocenters. The normalized spacial score (nSPS) is 16.1. The Balaban J connectivity index is 1.14. The van der Waals surface area contributed by atoms with Crippen molar-refractivity contribution in [2.75, 3.05) is 30.3 Å². The molecule has 2 heterocycles. The summed E-state index contributed by atoms with van der Waals surface area (Å²) in [7, 11) is 0. The summed E-state index contributed by atoms with van der Waals surface area (Å²) in [6.07, 6.45) is 2.79. The van der Waals surface area contributed by atoms with Gasteiger partial charge in [-0.1, -0.05) is 60.2 Å². The molecule has 36 heavy (non-hydrogen) atoms. The largest absolute Gasteiger partial charge is 0.349 e. The zero-order valence-electron chi connectivity index (χ0n) is 20.8. The minimum atomic E-state index is -0.0470.